The number of nitro groups is 1. The molecule has 1 aliphatic carbocycles. The zero-order valence-corrected chi connectivity index (χ0v) is 13.9. The third-order valence-corrected chi connectivity index (χ3v) is 5.18. The Morgan fingerprint density at radius 1 is 1.08 bits per heavy atom. The summed E-state index contributed by atoms with van der Waals surface area (Å²) in [6, 6.07) is 14.1. The monoisotopic (exact) mass is 342 g/mol. The van der Waals surface area contributed by atoms with Gasteiger partial charge in [-0.25, -0.2) is 0 Å². The van der Waals surface area contributed by atoms with Gasteiger partial charge >= 0.3 is 0 Å². The topological polar surface area (TPSA) is 72.2 Å². The summed E-state index contributed by atoms with van der Waals surface area (Å²) < 4.78 is 0. The summed E-state index contributed by atoms with van der Waals surface area (Å²) in [6.07, 6.45) is 4.43. The van der Waals surface area contributed by atoms with Crippen LogP contribution in [0.4, 0.5) is 5.69 Å². The first-order valence-corrected chi connectivity index (χ1v) is 8.77. The fourth-order valence-electron chi connectivity index (χ4n) is 2.84. The number of benzene rings is 2. The number of carbonyl (C=O) groups is 1. The van der Waals surface area contributed by atoms with E-state index in [1.54, 1.807) is 12.1 Å². The minimum atomic E-state index is -0.419. The van der Waals surface area contributed by atoms with Crippen LogP contribution in [0.3, 0.4) is 0 Å². The number of nitro benzene ring substituents is 1. The number of carbonyl (C=O) groups excluding carboxylic acids is 1. The van der Waals surface area contributed by atoms with Crippen molar-refractivity contribution in [2.24, 2.45) is 0 Å². The van der Waals surface area contributed by atoms with Gasteiger partial charge in [0.15, 0.2) is 0 Å². The maximum atomic E-state index is 12.5. The van der Waals surface area contributed by atoms with E-state index >= 15 is 0 Å². The van der Waals surface area contributed by atoms with Gasteiger partial charge < -0.3 is 5.32 Å². The van der Waals surface area contributed by atoms with Crippen molar-refractivity contribution < 1.29 is 9.72 Å². The van der Waals surface area contributed by atoms with Crippen molar-refractivity contribution in [1.82, 2.24) is 5.32 Å². The van der Waals surface area contributed by atoms with Gasteiger partial charge in [-0.1, -0.05) is 36.7 Å². The lowest BCUT2D eigenvalue weighted by atomic mass is 10.2. The maximum absolute atomic E-state index is 12.5. The lowest BCUT2D eigenvalue weighted by Gasteiger charge is -2.14. The molecule has 0 atom stereocenters. The van der Waals surface area contributed by atoms with Crippen molar-refractivity contribution in [1.29, 1.82) is 0 Å². The summed E-state index contributed by atoms with van der Waals surface area (Å²) in [5.74, 6) is -0.0492. The molecule has 0 bridgehead atoms. The Morgan fingerprint density at radius 2 is 1.75 bits per heavy atom. The fourth-order valence-corrected chi connectivity index (χ4v) is 3.78. The van der Waals surface area contributed by atoms with Crippen LogP contribution in [0.5, 0.6) is 0 Å². The van der Waals surface area contributed by atoms with Crippen LogP contribution < -0.4 is 5.32 Å². The number of amides is 1. The minimum Gasteiger partial charge on any atom is -0.349 e. The molecule has 1 aliphatic rings. The molecule has 2 aromatic carbocycles. The zero-order chi connectivity index (χ0) is 16.9. The van der Waals surface area contributed by atoms with Crippen LogP contribution in [0.15, 0.2) is 58.3 Å². The summed E-state index contributed by atoms with van der Waals surface area (Å²) in [4.78, 5) is 24.6. The third-order valence-electron chi connectivity index (χ3n) is 4.10. The standard InChI is InChI=1S/C18H18N2O3S/c21-18(19-13-5-1-2-6-13)16-7-3-4-8-17(16)24-15-11-9-14(10-12-15)20(22)23/h3-4,7-13H,1-2,5-6H2,(H,19,21). The molecule has 24 heavy (non-hydrogen) atoms. The van der Waals surface area contributed by atoms with E-state index in [0.717, 1.165) is 22.6 Å². The second-order valence-electron chi connectivity index (χ2n) is 5.80. The van der Waals surface area contributed by atoms with Gasteiger partial charge in [0.2, 0.25) is 0 Å². The molecule has 0 heterocycles. The van der Waals surface area contributed by atoms with E-state index in [1.165, 1.54) is 36.7 Å². The molecule has 0 spiro atoms. The first-order valence-electron chi connectivity index (χ1n) is 7.96. The molecular formula is C18H18N2O3S. The van der Waals surface area contributed by atoms with E-state index in [0.29, 0.717) is 5.56 Å². The van der Waals surface area contributed by atoms with Crippen LogP contribution in [-0.2, 0) is 0 Å². The van der Waals surface area contributed by atoms with Gasteiger partial charge in [-0.05, 0) is 37.1 Å². The van der Waals surface area contributed by atoms with E-state index in [1.807, 2.05) is 24.3 Å². The molecule has 1 N–H and O–H groups in total. The number of non-ortho nitro benzene ring substituents is 1. The molecule has 0 radical (unpaired) electrons. The van der Waals surface area contributed by atoms with Gasteiger partial charge in [-0.2, -0.15) is 0 Å². The van der Waals surface area contributed by atoms with E-state index in [4.69, 9.17) is 0 Å². The van der Waals surface area contributed by atoms with Gasteiger partial charge in [0, 0.05) is 28.0 Å². The molecule has 2 aromatic rings. The molecule has 0 aliphatic heterocycles. The van der Waals surface area contributed by atoms with E-state index in [9.17, 15) is 14.9 Å². The van der Waals surface area contributed by atoms with Crippen molar-refractivity contribution >= 4 is 23.4 Å². The van der Waals surface area contributed by atoms with Gasteiger partial charge in [0.1, 0.15) is 0 Å². The predicted molar refractivity (Wildman–Crippen MR) is 93.4 cm³/mol. The number of nitrogens with zero attached hydrogens (tertiary/aromatic N) is 1. The molecular weight excluding hydrogens is 324 g/mol. The largest absolute Gasteiger partial charge is 0.349 e. The Kier molecular flexibility index (Phi) is 5.15. The first-order chi connectivity index (χ1) is 11.6. The molecule has 0 saturated heterocycles. The van der Waals surface area contributed by atoms with Crippen LogP contribution in [0.1, 0.15) is 36.0 Å². The molecule has 1 fully saturated rings. The molecule has 0 unspecified atom stereocenters. The molecule has 1 saturated carbocycles. The van der Waals surface area contributed by atoms with Crippen LogP contribution >= 0.6 is 11.8 Å². The Morgan fingerprint density at radius 3 is 2.42 bits per heavy atom. The Labute approximate surface area is 144 Å². The van der Waals surface area contributed by atoms with Crippen molar-refractivity contribution in [3.8, 4) is 0 Å². The van der Waals surface area contributed by atoms with E-state index in [-0.39, 0.29) is 17.6 Å². The normalized spacial score (nSPS) is 14.5. The zero-order valence-electron chi connectivity index (χ0n) is 13.1. The van der Waals surface area contributed by atoms with Crippen LogP contribution in [0, 0.1) is 10.1 Å². The highest BCUT2D eigenvalue weighted by Gasteiger charge is 2.19. The van der Waals surface area contributed by atoms with Crippen molar-refractivity contribution in [2.45, 2.75) is 41.5 Å². The van der Waals surface area contributed by atoms with Gasteiger partial charge in [-0.3, -0.25) is 14.9 Å². The Hall–Kier alpha value is -2.34. The second kappa shape index (κ2) is 7.49. The lowest BCUT2D eigenvalue weighted by molar-refractivity contribution is -0.384. The fraction of sp³-hybridized carbons (Fsp3) is 0.278. The Bertz CT molecular complexity index is 740. The molecule has 1 amide bonds. The highest BCUT2D eigenvalue weighted by atomic mass is 32.2. The highest BCUT2D eigenvalue weighted by Crippen LogP contribution is 2.31. The number of nitrogens with one attached hydrogen (secondary N) is 1. The van der Waals surface area contributed by atoms with Crippen molar-refractivity contribution in [3.63, 3.8) is 0 Å². The van der Waals surface area contributed by atoms with Crippen LogP contribution in [-0.4, -0.2) is 16.9 Å². The lowest BCUT2D eigenvalue weighted by Crippen LogP contribution is -2.32. The van der Waals surface area contributed by atoms with Gasteiger partial charge in [0.25, 0.3) is 11.6 Å². The molecule has 0 aromatic heterocycles. The quantitative estimate of drug-likeness (QED) is 0.645. The number of rotatable bonds is 5. The summed E-state index contributed by atoms with van der Waals surface area (Å²) >= 11 is 1.44. The molecule has 124 valence electrons. The Balaban J connectivity index is 1.75. The number of hydrogen-bond donors (Lipinski definition) is 1. The third kappa shape index (κ3) is 3.94. The average Bonchev–Trinajstić information content (AvgIpc) is 3.09. The maximum Gasteiger partial charge on any atom is 0.269 e. The summed E-state index contributed by atoms with van der Waals surface area (Å²) in [7, 11) is 0. The summed E-state index contributed by atoms with van der Waals surface area (Å²) in [5, 5.41) is 13.8. The van der Waals surface area contributed by atoms with Gasteiger partial charge in [0.05, 0.1) is 10.5 Å². The molecule has 6 heteroatoms. The van der Waals surface area contributed by atoms with E-state index < -0.39 is 4.92 Å². The smallest absolute Gasteiger partial charge is 0.269 e. The van der Waals surface area contributed by atoms with Gasteiger partial charge in [-0.15, -0.1) is 0 Å². The summed E-state index contributed by atoms with van der Waals surface area (Å²) in [5.41, 5.74) is 0.708. The van der Waals surface area contributed by atoms with E-state index in [2.05, 4.69) is 5.32 Å². The van der Waals surface area contributed by atoms with Crippen LogP contribution in [0.2, 0.25) is 0 Å². The van der Waals surface area contributed by atoms with Crippen molar-refractivity contribution in [3.05, 3.63) is 64.2 Å². The highest BCUT2D eigenvalue weighted by molar-refractivity contribution is 7.99. The minimum absolute atomic E-state index is 0.0492. The first kappa shape index (κ1) is 16.5. The SMILES string of the molecule is O=C(NC1CCCC1)c1ccccc1Sc1ccc([N+](=O)[O-])cc1. The molecule has 3 rings (SSSR count). The van der Waals surface area contributed by atoms with Crippen molar-refractivity contribution in [2.75, 3.05) is 0 Å². The summed E-state index contributed by atoms with van der Waals surface area (Å²) in [6.45, 7) is 0. The predicted octanol–water partition coefficient (Wildman–Crippen LogP) is 4.42. The molecule has 5 nitrogen and oxygen atoms in total. The second-order valence-corrected chi connectivity index (χ2v) is 6.92. The van der Waals surface area contributed by atoms with Crippen LogP contribution in [0.25, 0.3) is 0 Å². The average molecular weight is 342 g/mol. The number of hydrogen-bond acceptors (Lipinski definition) is 4.